The lowest BCUT2D eigenvalue weighted by atomic mass is 10.0. The number of likely N-dealkylation sites (tertiary alicyclic amines) is 2. The van der Waals surface area contributed by atoms with Crippen molar-refractivity contribution in [1.29, 1.82) is 0 Å². The molecule has 0 saturated carbocycles. The second-order valence-electron chi connectivity index (χ2n) is 5.91. The molecule has 1 aromatic carbocycles. The Morgan fingerprint density at radius 2 is 1.81 bits per heavy atom. The van der Waals surface area contributed by atoms with Crippen molar-refractivity contribution >= 4 is 17.8 Å². The Labute approximate surface area is 126 Å². The number of benzene rings is 1. The molecule has 112 valence electrons. The van der Waals surface area contributed by atoms with Crippen molar-refractivity contribution in [3.8, 4) is 0 Å². The number of nitrogens with zero attached hydrogens (tertiary/aromatic N) is 2. The minimum atomic E-state index is 0.00890. The first kappa shape index (κ1) is 14.1. The average molecular weight is 285 g/mol. The van der Waals surface area contributed by atoms with Gasteiger partial charge in [0, 0.05) is 24.8 Å². The molecule has 0 aliphatic carbocycles. The number of anilines is 1. The van der Waals surface area contributed by atoms with Crippen LogP contribution in [-0.2, 0) is 0 Å². The van der Waals surface area contributed by atoms with Gasteiger partial charge in [-0.1, -0.05) is 31.2 Å². The summed E-state index contributed by atoms with van der Waals surface area (Å²) in [6.07, 6.45) is 5.76. The predicted octanol–water partition coefficient (Wildman–Crippen LogP) is 3.03. The van der Waals surface area contributed by atoms with Crippen LogP contribution in [-0.4, -0.2) is 48.1 Å². The van der Waals surface area contributed by atoms with Gasteiger partial charge in [0.25, 0.3) is 0 Å². The average Bonchev–Trinajstić information content (AvgIpc) is 2.47. The maximum absolute atomic E-state index is 12.2. The Balaban J connectivity index is 1.47. The largest absolute Gasteiger partial charge is 0.321 e. The van der Waals surface area contributed by atoms with Crippen molar-refractivity contribution < 1.29 is 4.79 Å². The van der Waals surface area contributed by atoms with Gasteiger partial charge in [-0.2, -0.15) is 0 Å². The maximum atomic E-state index is 12.2. The quantitative estimate of drug-likeness (QED) is 0.926. The van der Waals surface area contributed by atoms with Crippen molar-refractivity contribution in [2.75, 3.05) is 31.5 Å². The summed E-state index contributed by atoms with van der Waals surface area (Å²) in [5, 5.41) is 2.95. The van der Waals surface area contributed by atoms with Gasteiger partial charge in [0.15, 0.2) is 0 Å². The van der Waals surface area contributed by atoms with E-state index in [9.17, 15) is 4.79 Å². The van der Waals surface area contributed by atoms with Crippen LogP contribution in [0.2, 0.25) is 0 Å². The molecule has 4 heteroatoms. The van der Waals surface area contributed by atoms with E-state index < -0.39 is 0 Å². The molecule has 2 heterocycles. The lowest BCUT2D eigenvalue weighted by molar-refractivity contribution is 0.0493. The Kier molecular flexibility index (Phi) is 4.25. The number of urea groups is 1. The van der Waals surface area contributed by atoms with Gasteiger partial charge in [-0.3, -0.25) is 4.90 Å². The SMILES string of the molecule is C=Cc1ccc(NC(=O)N2CC(N3CCCCC3)C2)cc1. The topological polar surface area (TPSA) is 35.6 Å². The Morgan fingerprint density at radius 1 is 1.14 bits per heavy atom. The van der Waals surface area contributed by atoms with Crippen LogP contribution < -0.4 is 5.32 Å². The summed E-state index contributed by atoms with van der Waals surface area (Å²) in [6, 6.07) is 8.31. The summed E-state index contributed by atoms with van der Waals surface area (Å²) < 4.78 is 0. The molecule has 4 nitrogen and oxygen atoms in total. The molecule has 21 heavy (non-hydrogen) atoms. The minimum absolute atomic E-state index is 0.00890. The molecule has 2 amide bonds. The highest BCUT2D eigenvalue weighted by molar-refractivity contribution is 5.90. The summed E-state index contributed by atoms with van der Waals surface area (Å²) in [5.41, 5.74) is 1.90. The van der Waals surface area contributed by atoms with E-state index in [1.54, 1.807) is 6.08 Å². The van der Waals surface area contributed by atoms with Gasteiger partial charge < -0.3 is 10.2 Å². The van der Waals surface area contributed by atoms with E-state index in [1.165, 1.54) is 32.4 Å². The summed E-state index contributed by atoms with van der Waals surface area (Å²) in [6.45, 7) is 7.84. The molecule has 1 aromatic rings. The van der Waals surface area contributed by atoms with E-state index in [-0.39, 0.29) is 6.03 Å². The molecule has 0 aromatic heterocycles. The molecule has 1 N–H and O–H groups in total. The van der Waals surface area contributed by atoms with E-state index in [0.29, 0.717) is 6.04 Å². The molecule has 3 rings (SSSR count). The smallest absolute Gasteiger partial charge is 0.321 e. The number of piperidine rings is 1. The molecule has 0 radical (unpaired) electrons. The summed E-state index contributed by atoms with van der Waals surface area (Å²) in [7, 11) is 0. The third kappa shape index (κ3) is 3.27. The first-order valence-corrected chi connectivity index (χ1v) is 7.79. The molecule has 2 aliphatic heterocycles. The van der Waals surface area contributed by atoms with Crippen LogP contribution >= 0.6 is 0 Å². The number of hydrogen-bond donors (Lipinski definition) is 1. The van der Waals surface area contributed by atoms with E-state index in [2.05, 4.69) is 16.8 Å². The third-order valence-corrected chi connectivity index (χ3v) is 4.45. The van der Waals surface area contributed by atoms with Crippen LogP contribution in [0.5, 0.6) is 0 Å². The fourth-order valence-corrected chi connectivity index (χ4v) is 3.04. The van der Waals surface area contributed by atoms with Crippen molar-refractivity contribution in [3.05, 3.63) is 36.4 Å². The van der Waals surface area contributed by atoms with Gasteiger partial charge in [-0.25, -0.2) is 4.79 Å². The molecule has 0 bridgehead atoms. The number of carbonyl (C=O) groups excluding carboxylic acids is 1. The van der Waals surface area contributed by atoms with Crippen molar-refractivity contribution in [2.24, 2.45) is 0 Å². The summed E-state index contributed by atoms with van der Waals surface area (Å²) in [5.74, 6) is 0. The van der Waals surface area contributed by atoms with Crippen molar-refractivity contribution in [2.45, 2.75) is 25.3 Å². The molecule has 2 fully saturated rings. The molecular weight excluding hydrogens is 262 g/mol. The van der Waals surface area contributed by atoms with Gasteiger partial charge in [0.05, 0.1) is 0 Å². The van der Waals surface area contributed by atoms with Crippen LogP contribution in [0.4, 0.5) is 10.5 Å². The zero-order valence-corrected chi connectivity index (χ0v) is 12.4. The highest BCUT2D eigenvalue weighted by Gasteiger charge is 2.35. The first-order chi connectivity index (χ1) is 10.3. The Bertz CT molecular complexity index is 499. The van der Waals surface area contributed by atoms with Gasteiger partial charge in [-0.15, -0.1) is 0 Å². The third-order valence-electron chi connectivity index (χ3n) is 4.45. The van der Waals surface area contributed by atoms with E-state index in [1.807, 2.05) is 29.2 Å². The van der Waals surface area contributed by atoms with Crippen LogP contribution in [0, 0.1) is 0 Å². The van der Waals surface area contributed by atoms with E-state index in [4.69, 9.17) is 0 Å². The summed E-state index contributed by atoms with van der Waals surface area (Å²) in [4.78, 5) is 16.6. The maximum Gasteiger partial charge on any atom is 0.321 e. The summed E-state index contributed by atoms with van der Waals surface area (Å²) >= 11 is 0. The molecule has 2 saturated heterocycles. The highest BCUT2D eigenvalue weighted by Crippen LogP contribution is 2.21. The minimum Gasteiger partial charge on any atom is -0.321 e. The van der Waals surface area contributed by atoms with Gasteiger partial charge in [0.1, 0.15) is 0 Å². The molecule has 0 spiro atoms. The van der Waals surface area contributed by atoms with Gasteiger partial charge in [-0.05, 0) is 43.6 Å². The molecule has 0 atom stereocenters. The normalized spacial score (nSPS) is 19.9. The first-order valence-electron chi connectivity index (χ1n) is 7.79. The number of amides is 2. The molecular formula is C17H23N3O. The molecule has 2 aliphatic rings. The lowest BCUT2D eigenvalue weighted by Crippen LogP contribution is -2.62. The van der Waals surface area contributed by atoms with Crippen LogP contribution in [0.3, 0.4) is 0 Å². The zero-order chi connectivity index (χ0) is 14.7. The van der Waals surface area contributed by atoms with Crippen LogP contribution in [0.15, 0.2) is 30.8 Å². The number of nitrogens with one attached hydrogen (secondary N) is 1. The second-order valence-corrected chi connectivity index (χ2v) is 5.91. The fraction of sp³-hybridized carbons (Fsp3) is 0.471. The highest BCUT2D eigenvalue weighted by atomic mass is 16.2. The van der Waals surface area contributed by atoms with E-state index in [0.717, 1.165) is 24.3 Å². The number of carbonyl (C=O) groups is 1. The number of rotatable bonds is 3. The standard InChI is InChI=1S/C17H23N3O/c1-2-14-6-8-15(9-7-14)18-17(21)20-12-16(13-20)19-10-4-3-5-11-19/h2,6-9,16H,1,3-5,10-13H2,(H,18,21). The Morgan fingerprint density at radius 3 is 2.43 bits per heavy atom. The predicted molar refractivity (Wildman–Crippen MR) is 86.3 cm³/mol. The number of hydrogen-bond acceptors (Lipinski definition) is 2. The van der Waals surface area contributed by atoms with Crippen molar-refractivity contribution in [3.63, 3.8) is 0 Å². The Hall–Kier alpha value is -1.81. The second kappa shape index (κ2) is 6.31. The van der Waals surface area contributed by atoms with Crippen molar-refractivity contribution in [1.82, 2.24) is 9.80 Å². The lowest BCUT2D eigenvalue weighted by Gasteiger charge is -2.46. The van der Waals surface area contributed by atoms with Crippen LogP contribution in [0.1, 0.15) is 24.8 Å². The fourth-order valence-electron chi connectivity index (χ4n) is 3.04. The van der Waals surface area contributed by atoms with Gasteiger partial charge >= 0.3 is 6.03 Å². The van der Waals surface area contributed by atoms with Crippen LogP contribution in [0.25, 0.3) is 6.08 Å². The zero-order valence-electron chi connectivity index (χ0n) is 12.4. The van der Waals surface area contributed by atoms with Gasteiger partial charge in [0.2, 0.25) is 0 Å². The monoisotopic (exact) mass is 285 g/mol. The van der Waals surface area contributed by atoms with E-state index >= 15 is 0 Å². The molecule has 0 unspecified atom stereocenters.